The molecule has 142 valence electrons. The zero-order chi connectivity index (χ0) is 19.8. The lowest BCUT2D eigenvalue weighted by atomic mass is 10.2. The molecule has 3 N–H and O–H groups in total. The van der Waals surface area contributed by atoms with E-state index in [1.165, 1.54) is 19.4 Å². The molecule has 0 unspecified atom stereocenters. The molecule has 27 heavy (non-hydrogen) atoms. The number of halogens is 1. The molecule has 0 heterocycles. The van der Waals surface area contributed by atoms with Gasteiger partial charge in [0.2, 0.25) is 0 Å². The van der Waals surface area contributed by atoms with E-state index < -0.39 is 11.8 Å². The van der Waals surface area contributed by atoms with Crippen LogP contribution < -0.4 is 20.2 Å². The third-order valence-electron chi connectivity index (χ3n) is 3.28. The minimum Gasteiger partial charge on any atom is -0.503 e. The van der Waals surface area contributed by atoms with Crippen LogP contribution in [0.2, 0.25) is 0 Å². The number of carbonyl (C=O) groups excluding carboxylic acids is 2. The predicted octanol–water partition coefficient (Wildman–Crippen LogP) is 2.65. The van der Waals surface area contributed by atoms with Crippen molar-refractivity contribution < 1.29 is 24.2 Å². The highest BCUT2D eigenvalue weighted by Gasteiger charge is 2.13. The van der Waals surface area contributed by atoms with Crippen LogP contribution in [0.3, 0.4) is 0 Å². The third kappa shape index (κ3) is 5.71. The van der Waals surface area contributed by atoms with Crippen LogP contribution in [-0.4, -0.2) is 36.9 Å². The Balaban J connectivity index is 1.93. The summed E-state index contributed by atoms with van der Waals surface area (Å²) >= 11 is 3.18. The molecule has 0 saturated carbocycles. The van der Waals surface area contributed by atoms with Gasteiger partial charge >= 0.3 is 11.8 Å². The fourth-order valence-corrected chi connectivity index (χ4v) is 2.49. The minimum atomic E-state index is -0.926. The number of phenols is 1. The van der Waals surface area contributed by atoms with Crippen LogP contribution in [0.15, 0.2) is 46.0 Å². The van der Waals surface area contributed by atoms with Crippen molar-refractivity contribution >= 4 is 39.6 Å². The molecule has 2 aromatic carbocycles. The zero-order valence-electron chi connectivity index (χ0n) is 14.7. The van der Waals surface area contributed by atoms with E-state index in [-0.39, 0.29) is 11.5 Å². The molecule has 0 fully saturated rings. The Hall–Kier alpha value is -3.07. The summed E-state index contributed by atoms with van der Waals surface area (Å²) in [6.45, 7) is 2.41. The van der Waals surface area contributed by atoms with Crippen LogP contribution >= 0.6 is 15.9 Å². The first-order valence-electron chi connectivity index (χ1n) is 7.88. The number of phenolic OH excluding ortho intramolecular Hbond substituents is 1. The molecule has 0 atom stereocenters. The van der Waals surface area contributed by atoms with E-state index in [1.54, 1.807) is 30.3 Å². The van der Waals surface area contributed by atoms with Gasteiger partial charge in [0.1, 0.15) is 5.75 Å². The molecule has 0 aliphatic rings. The maximum atomic E-state index is 11.9. The van der Waals surface area contributed by atoms with E-state index in [9.17, 15) is 14.7 Å². The number of nitrogens with zero attached hydrogens (tertiary/aromatic N) is 1. The van der Waals surface area contributed by atoms with Crippen molar-refractivity contribution in [2.45, 2.75) is 6.92 Å². The van der Waals surface area contributed by atoms with Gasteiger partial charge < -0.3 is 19.9 Å². The molecule has 2 rings (SSSR count). The number of hydrazone groups is 1. The van der Waals surface area contributed by atoms with Crippen LogP contribution in [0, 0.1) is 0 Å². The number of benzene rings is 2. The molecule has 0 radical (unpaired) electrons. The molecule has 0 aromatic heterocycles. The number of anilines is 1. The Morgan fingerprint density at radius 1 is 1.22 bits per heavy atom. The molecule has 0 aliphatic carbocycles. The van der Waals surface area contributed by atoms with E-state index in [0.717, 1.165) is 0 Å². The summed E-state index contributed by atoms with van der Waals surface area (Å²) in [5, 5.41) is 15.9. The standard InChI is InChI=1S/C18H18BrN3O5/c1-3-27-13-6-4-12(5-7-13)21-17(24)18(25)22-20-10-11-8-14(19)16(23)15(9-11)26-2/h4-10,23H,3H2,1-2H3,(H,21,24)(H,22,25). The number of amides is 2. The predicted molar refractivity (Wildman–Crippen MR) is 104 cm³/mol. The maximum Gasteiger partial charge on any atom is 0.329 e. The minimum absolute atomic E-state index is 0.0478. The van der Waals surface area contributed by atoms with E-state index in [2.05, 4.69) is 31.8 Å². The summed E-state index contributed by atoms with van der Waals surface area (Å²) in [7, 11) is 1.41. The monoisotopic (exact) mass is 435 g/mol. The molecule has 0 bridgehead atoms. The number of hydrogen-bond acceptors (Lipinski definition) is 6. The Morgan fingerprint density at radius 3 is 2.56 bits per heavy atom. The second kappa shape index (κ2) is 9.58. The number of aromatic hydroxyl groups is 1. The number of rotatable bonds is 6. The van der Waals surface area contributed by atoms with Crippen molar-refractivity contribution in [1.82, 2.24) is 5.43 Å². The van der Waals surface area contributed by atoms with Crippen LogP contribution in [0.5, 0.6) is 17.2 Å². The summed E-state index contributed by atoms with van der Waals surface area (Å²) in [6.07, 6.45) is 1.31. The third-order valence-corrected chi connectivity index (χ3v) is 3.88. The topological polar surface area (TPSA) is 109 Å². The van der Waals surface area contributed by atoms with Gasteiger partial charge in [-0.25, -0.2) is 5.43 Å². The lowest BCUT2D eigenvalue weighted by molar-refractivity contribution is -0.136. The van der Waals surface area contributed by atoms with Gasteiger partial charge in [0.15, 0.2) is 11.5 Å². The van der Waals surface area contributed by atoms with Gasteiger partial charge in [-0.3, -0.25) is 9.59 Å². The summed E-state index contributed by atoms with van der Waals surface area (Å²) in [4.78, 5) is 23.7. The normalized spacial score (nSPS) is 10.5. The summed E-state index contributed by atoms with van der Waals surface area (Å²) in [5.41, 5.74) is 3.13. The average Bonchev–Trinajstić information content (AvgIpc) is 2.66. The molecule has 0 spiro atoms. The Morgan fingerprint density at radius 2 is 1.93 bits per heavy atom. The molecule has 9 heteroatoms. The van der Waals surface area contributed by atoms with Crippen molar-refractivity contribution in [2.75, 3.05) is 19.0 Å². The van der Waals surface area contributed by atoms with E-state index in [0.29, 0.717) is 28.1 Å². The highest BCUT2D eigenvalue weighted by atomic mass is 79.9. The summed E-state index contributed by atoms with van der Waals surface area (Å²) in [5.74, 6) is -0.926. The Labute approximate surface area is 164 Å². The number of carbonyl (C=O) groups is 2. The average molecular weight is 436 g/mol. The lowest BCUT2D eigenvalue weighted by Crippen LogP contribution is -2.32. The lowest BCUT2D eigenvalue weighted by Gasteiger charge is -2.07. The van der Waals surface area contributed by atoms with Gasteiger partial charge in [-0.1, -0.05) is 0 Å². The van der Waals surface area contributed by atoms with Gasteiger partial charge in [0.05, 0.1) is 24.4 Å². The van der Waals surface area contributed by atoms with Crippen LogP contribution in [0.4, 0.5) is 5.69 Å². The van der Waals surface area contributed by atoms with Crippen molar-refractivity contribution in [3.63, 3.8) is 0 Å². The maximum absolute atomic E-state index is 11.9. The first-order chi connectivity index (χ1) is 12.9. The number of methoxy groups -OCH3 is 1. The quantitative estimate of drug-likeness (QED) is 0.367. The highest BCUT2D eigenvalue weighted by Crippen LogP contribution is 2.34. The molecular formula is C18H18BrN3O5. The molecule has 2 aromatic rings. The molecule has 2 amide bonds. The molecule has 8 nitrogen and oxygen atoms in total. The fraction of sp³-hybridized carbons (Fsp3) is 0.167. The smallest absolute Gasteiger partial charge is 0.329 e. The highest BCUT2D eigenvalue weighted by molar-refractivity contribution is 9.10. The first kappa shape index (κ1) is 20.2. The van der Waals surface area contributed by atoms with Gasteiger partial charge in [-0.15, -0.1) is 0 Å². The van der Waals surface area contributed by atoms with Gasteiger partial charge in [-0.05, 0) is 64.8 Å². The van der Waals surface area contributed by atoms with Gasteiger partial charge in [0, 0.05) is 5.69 Å². The van der Waals surface area contributed by atoms with Crippen molar-refractivity contribution in [1.29, 1.82) is 0 Å². The molecule has 0 saturated heterocycles. The van der Waals surface area contributed by atoms with Gasteiger partial charge in [0.25, 0.3) is 0 Å². The van der Waals surface area contributed by atoms with E-state index >= 15 is 0 Å². The molecular weight excluding hydrogens is 418 g/mol. The fourth-order valence-electron chi connectivity index (χ4n) is 2.03. The second-order valence-corrected chi connectivity index (χ2v) is 6.02. The largest absolute Gasteiger partial charge is 0.503 e. The Kier molecular flexibility index (Phi) is 7.18. The second-order valence-electron chi connectivity index (χ2n) is 5.16. The van der Waals surface area contributed by atoms with E-state index in [1.807, 2.05) is 6.92 Å². The van der Waals surface area contributed by atoms with E-state index in [4.69, 9.17) is 9.47 Å². The Bertz CT molecular complexity index is 853. The van der Waals surface area contributed by atoms with Crippen LogP contribution in [-0.2, 0) is 9.59 Å². The zero-order valence-corrected chi connectivity index (χ0v) is 16.2. The van der Waals surface area contributed by atoms with Crippen LogP contribution in [0.25, 0.3) is 0 Å². The first-order valence-corrected chi connectivity index (χ1v) is 8.67. The number of ether oxygens (including phenoxy) is 2. The number of nitrogens with one attached hydrogen (secondary N) is 2. The van der Waals surface area contributed by atoms with Crippen molar-refractivity contribution in [3.05, 3.63) is 46.4 Å². The molecule has 0 aliphatic heterocycles. The van der Waals surface area contributed by atoms with Crippen molar-refractivity contribution in [2.24, 2.45) is 5.10 Å². The summed E-state index contributed by atoms with van der Waals surface area (Å²) < 4.78 is 10.7. The van der Waals surface area contributed by atoms with Gasteiger partial charge in [-0.2, -0.15) is 5.10 Å². The SMILES string of the molecule is CCOc1ccc(NC(=O)C(=O)NN=Cc2cc(Br)c(O)c(OC)c2)cc1. The van der Waals surface area contributed by atoms with Crippen molar-refractivity contribution in [3.8, 4) is 17.2 Å². The number of hydrogen-bond donors (Lipinski definition) is 3. The summed E-state index contributed by atoms with van der Waals surface area (Å²) in [6, 6.07) is 9.72. The van der Waals surface area contributed by atoms with Crippen LogP contribution in [0.1, 0.15) is 12.5 Å².